The molecular weight excluding hydrogens is 478 g/mol. The Balaban J connectivity index is 0.000000297. The average molecular weight is 518 g/mol. The summed E-state index contributed by atoms with van der Waals surface area (Å²) in [7, 11) is 3.54. The van der Waals surface area contributed by atoms with Gasteiger partial charge in [0.1, 0.15) is 10.8 Å². The van der Waals surface area contributed by atoms with Crippen LogP contribution >= 0.6 is 11.3 Å². The van der Waals surface area contributed by atoms with Crippen molar-refractivity contribution in [1.82, 2.24) is 20.4 Å². The van der Waals surface area contributed by atoms with Crippen LogP contribution in [0.25, 0.3) is 0 Å². The zero-order valence-electron chi connectivity index (χ0n) is 21.6. The SMILES string of the molecule is CCN(Cc1ccccc1)Cc1nnc(NC)s1.COc1ccc(C)cc1.O=CO.OC1CCNC1. The summed E-state index contributed by atoms with van der Waals surface area (Å²) in [6.07, 6.45) is 0.866. The number of β-amino-alcohol motifs (C(OH)–C–C–N with tert-alkyl or cyclic N) is 1. The van der Waals surface area contributed by atoms with Crippen molar-refractivity contribution in [3.63, 3.8) is 0 Å². The third-order valence-corrected chi connectivity index (χ3v) is 5.95. The van der Waals surface area contributed by atoms with Crippen LogP contribution in [0.3, 0.4) is 0 Å². The number of rotatable bonds is 7. The third kappa shape index (κ3) is 13.7. The molecule has 9 nitrogen and oxygen atoms in total. The van der Waals surface area contributed by atoms with Crippen LogP contribution in [-0.4, -0.2) is 71.7 Å². The quantitative estimate of drug-likeness (QED) is 0.348. The van der Waals surface area contributed by atoms with Crippen LogP contribution in [0, 0.1) is 6.92 Å². The summed E-state index contributed by atoms with van der Waals surface area (Å²) in [4.78, 5) is 10.7. The first kappa shape index (κ1) is 31.0. The van der Waals surface area contributed by atoms with Gasteiger partial charge in [0.25, 0.3) is 6.47 Å². The highest BCUT2D eigenvalue weighted by Crippen LogP contribution is 2.17. The maximum atomic E-state index is 8.67. The van der Waals surface area contributed by atoms with Crippen molar-refractivity contribution in [3.8, 4) is 5.75 Å². The molecule has 0 saturated carbocycles. The van der Waals surface area contributed by atoms with E-state index >= 15 is 0 Å². The smallest absolute Gasteiger partial charge is 0.290 e. The maximum absolute atomic E-state index is 8.67. The van der Waals surface area contributed by atoms with E-state index in [1.54, 1.807) is 18.4 Å². The van der Waals surface area contributed by atoms with Crippen LogP contribution in [0.4, 0.5) is 5.13 Å². The van der Waals surface area contributed by atoms with Crippen molar-refractivity contribution in [2.45, 2.75) is 39.5 Å². The number of aliphatic hydroxyl groups excluding tert-OH is 1. The molecule has 0 bridgehead atoms. The molecule has 2 heterocycles. The minimum Gasteiger partial charge on any atom is -0.497 e. The fourth-order valence-corrected chi connectivity index (χ4v) is 3.78. The number of aromatic nitrogens is 2. The first-order valence-electron chi connectivity index (χ1n) is 11.8. The molecule has 4 N–H and O–H groups in total. The largest absolute Gasteiger partial charge is 0.497 e. The fraction of sp³-hybridized carbons (Fsp3) is 0.423. The van der Waals surface area contributed by atoms with Crippen LogP contribution in [0.15, 0.2) is 54.6 Å². The molecule has 36 heavy (non-hydrogen) atoms. The van der Waals surface area contributed by atoms with Crippen LogP contribution < -0.4 is 15.4 Å². The summed E-state index contributed by atoms with van der Waals surface area (Å²) in [5, 5.41) is 31.8. The molecule has 0 amide bonds. The first-order chi connectivity index (χ1) is 17.4. The summed E-state index contributed by atoms with van der Waals surface area (Å²) < 4.78 is 4.97. The standard InChI is InChI=1S/C13H18N4S.C8H10O.C4H9NO.CH2O2/c1-3-17(9-11-7-5-4-6-8-11)10-12-15-16-13(14-2)18-12;1-7-3-5-8(9-2)6-4-7;6-4-1-2-5-3-4;2-1-3/h4-8H,3,9-10H2,1-2H3,(H,14,16);3-6H,1-2H3;4-6H,1-3H2;1H,(H,2,3). The van der Waals surface area contributed by atoms with Crippen LogP contribution in [0.1, 0.15) is 29.5 Å². The number of anilines is 1. The summed E-state index contributed by atoms with van der Waals surface area (Å²) in [6, 6.07) is 18.5. The van der Waals surface area contributed by atoms with Crippen molar-refractivity contribution in [2.24, 2.45) is 0 Å². The van der Waals surface area contributed by atoms with E-state index < -0.39 is 0 Å². The Bertz CT molecular complexity index is 935. The number of aliphatic hydroxyl groups is 1. The van der Waals surface area contributed by atoms with E-state index in [1.165, 1.54) is 11.1 Å². The number of methoxy groups -OCH3 is 1. The highest BCUT2D eigenvalue weighted by atomic mass is 32.1. The topological polar surface area (TPSA) is 120 Å². The summed E-state index contributed by atoms with van der Waals surface area (Å²) in [5.41, 5.74) is 2.59. The molecule has 2 aromatic carbocycles. The number of carbonyl (C=O) groups is 1. The molecule has 4 rings (SSSR count). The fourth-order valence-electron chi connectivity index (χ4n) is 3.04. The minimum absolute atomic E-state index is 0.0648. The van der Waals surface area contributed by atoms with Gasteiger partial charge in [0.15, 0.2) is 0 Å². The van der Waals surface area contributed by atoms with E-state index in [4.69, 9.17) is 19.7 Å². The van der Waals surface area contributed by atoms with Gasteiger partial charge >= 0.3 is 0 Å². The number of hydrogen-bond donors (Lipinski definition) is 4. The van der Waals surface area contributed by atoms with Gasteiger partial charge in [-0.2, -0.15) is 0 Å². The second-order valence-electron chi connectivity index (χ2n) is 7.81. The molecule has 198 valence electrons. The van der Waals surface area contributed by atoms with E-state index in [1.807, 2.05) is 37.4 Å². The van der Waals surface area contributed by atoms with Crippen molar-refractivity contribution in [1.29, 1.82) is 0 Å². The Hall–Kier alpha value is -3.05. The molecule has 1 unspecified atom stereocenters. The van der Waals surface area contributed by atoms with Crippen molar-refractivity contribution in [3.05, 3.63) is 70.7 Å². The van der Waals surface area contributed by atoms with Gasteiger partial charge in [-0.15, -0.1) is 10.2 Å². The minimum atomic E-state index is -0.250. The van der Waals surface area contributed by atoms with Gasteiger partial charge in [-0.05, 0) is 44.1 Å². The predicted octanol–water partition coefficient (Wildman–Crippen LogP) is 3.65. The van der Waals surface area contributed by atoms with Crippen molar-refractivity contribution in [2.75, 3.05) is 39.1 Å². The van der Waals surface area contributed by atoms with E-state index in [0.29, 0.717) is 0 Å². The zero-order valence-corrected chi connectivity index (χ0v) is 22.4. The molecule has 10 heteroatoms. The number of hydrogen-bond acceptors (Lipinski definition) is 9. The number of nitrogens with one attached hydrogen (secondary N) is 2. The van der Waals surface area contributed by atoms with Gasteiger partial charge < -0.3 is 25.6 Å². The molecule has 0 spiro atoms. The normalized spacial score (nSPS) is 13.8. The Labute approximate surface area is 218 Å². The maximum Gasteiger partial charge on any atom is 0.290 e. The molecule has 1 aliphatic rings. The van der Waals surface area contributed by atoms with Crippen LogP contribution in [-0.2, 0) is 17.9 Å². The summed E-state index contributed by atoms with van der Waals surface area (Å²) >= 11 is 1.61. The Morgan fingerprint density at radius 2 is 1.83 bits per heavy atom. The van der Waals surface area contributed by atoms with E-state index in [9.17, 15) is 0 Å². The second kappa shape index (κ2) is 19.2. The number of nitrogens with zero attached hydrogens (tertiary/aromatic N) is 3. The molecule has 0 aliphatic carbocycles. The first-order valence-corrected chi connectivity index (χ1v) is 12.6. The third-order valence-electron chi connectivity index (χ3n) is 5.03. The van der Waals surface area contributed by atoms with Gasteiger partial charge in [-0.3, -0.25) is 9.69 Å². The molecule has 1 saturated heterocycles. The molecule has 1 atom stereocenters. The summed E-state index contributed by atoms with van der Waals surface area (Å²) in [6.45, 7) is 8.56. The lowest BCUT2D eigenvalue weighted by Gasteiger charge is -2.18. The van der Waals surface area contributed by atoms with Gasteiger partial charge in [-0.1, -0.05) is 66.3 Å². The van der Waals surface area contributed by atoms with Crippen LogP contribution in [0.5, 0.6) is 5.75 Å². The lowest BCUT2D eigenvalue weighted by molar-refractivity contribution is -0.122. The number of benzene rings is 2. The second-order valence-corrected chi connectivity index (χ2v) is 8.87. The van der Waals surface area contributed by atoms with Crippen molar-refractivity contribution < 1.29 is 19.7 Å². The van der Waals surface area contributed by atoms with Crippen LogP contribution in [0.2, 0.25) is 0 Å². The molecular formula is C26H39N5O4S. The number of carboxylic acid groups (broad SMARTS) is 1. The Morgan fingerprint density at radius 1 is 1.17 bits per heavy atom. The average Bonchev–Trinajstić information content (AvgIpc) is 3.57. The lowest BCUT2D eigenvalue weighted by atomic mass is 10.2. The van der Waals surface area contributed by atoms with Gasteiger partial charge in [0.2, 0.25) is 5.13 Å². The molecule has 1 aromatic heterocycles. The lowest BCUT2D eigenvalue weighted by Crippen LogP contribution is -2.22. The van der Waals surface area contributed by atoms with Gasteiger partial charge in [-0.25, -0.2) is 0 Å². The monoisotopic (exact) mass is 517 g/mol. The molecule has 3 aromatic rings. The van der Waals surface area contributed by atoms with Gasteiger partial charge in [0, 0.05) is 20.1 Å². The Kier molecular flexibility index (Phi) is 16.5. The summed E-state index contributed by atoms with van der Waals surface area (Å²) in [5.74, 6) is 0.917. The zero-order chi connectivity index (χ0) is 26.6. The Morgan fingerprint density at radius 3 is 2.28 bits per heavy atom. The highest BCUT2D eigenvalue weighted by molar-refractivity contribution is 7.15. The number of aryl methyl sites for hydroxylation is 1. The van der Waals surface area contributed by atoms with E-state index in [0.717, 1.165) is 55.0 Å². The predicted molar refractivity (Wildman–Crippen MR) is 146 cm³/mol. The highest BCUT2D eigenvalue weighted by Gasteiger charge is 2.09. The molecule has 1 aliphatic heterocycles. The van der Waals surface area contributed by atoms with Crippen molar-refractivity contribution >= 4 is 22.9 Å². The van der Waals surface area contributed by atoms with Gasteiger partial charge in [0.05, 0.1) is 19.8 Å². The molecule has 0 radical (unpaired) electrons. The number of ether oxygens (including phenoxy) is 1. The van der Waals surface area contributed by atoms with E-state index in [-0.39, 0.29) is 12.6 Å². The molecule has 1 fully saturated rings. The van der Waals surface area contributed by atoms with E-state index in [2.05, 4.69) is 63.8 Å².